The molecule has 116 valence electrons. The third-order valence-corrected chi connectivity index (χ3v) is 3.86. The number of aryl methyl sites for hydroxylation is 1. The fraction of sp³-hybridized carbons (Fsp3) is 0.278. The van der Waals surface area contributed by atoms with E-state index in [1.165, 1.54) is 0 Å². The first-order valence-electron chi connectivity index (χ1n) is 7.22. The van der Waals surface area contributed by atoms with Crippen LogP contribution in [0.1, 0.15) is 23.6 Å². The van der Waals surface area contributed by atoms with Crippen LogP contribution in [0.3, 0.4) is 0 Å². The van der Waals surface area contributed by atoms with Crippen LogP contribution in [0.15, 0.2) is 42.5 Å². The second kappa shape index (κ2) is 7.32. The largest absolute Gasteiger partial charge is 0.481 e. The number of hydrogen-bond acceptors (Lipinski definition) is 2. The van der Waals surface area contributed by atoms with E-state index in [0.717, 1.165) is 22.4 Å². The van der Waals surface area contributed by atoms with Crippen LogP contribution in [0.5, 0.6) is 5.75 Å². The first-order valence-corrected chi connectivity index (χ1v) is 7.60. The second-order valence-corrected chi connectivity index (χ2v) is 5.74. The molecule has 0 radical (unpaired) electrons. The molecule has 2 aromatic rings. The summed E-state index contributed by atoms with van der Waals surface area (Å²) >= 11 is 5.84. The van der Waals surface area contributed by atoms with Gasteiger partial charge in [-0.05, 0) is 55.7 Å². The van der Waals surface area contributed by atoms with Crippen molar-refractivity contribution in [2.24, 2.45) is 0 Å². The maximum Gasteiger partial charge on any atom is 0.261 e. The number of nitrogens with one attached hydrogen (secondary N) is 1. The fourth-order valence-electron chi connectivity index (χ4n) is 2.03. The summed E-state index contributed by atoms with van der Waals surface area (Å²) in [5.74, 6) is 0.602. The Balaban J connectivity index is 1.92. The van der Waals surface area contributed by atoms with Crippen LogP contribution < -0.4 is 10.1 Å². The van der Waals surface area contributed by atoms with E-state index in [0.29, 0.717) is 11.6 Å². The SMILES string of the molecule is Cc1cccc(OC(C)C(=O)NCc2ccc(Cl)cc2)c1C. The number of carbonyl (C=O) groups excluding carboxylic acids is 1. The minimum atomic E-state index is -0.548. The lowest BCUT2D eigenvalue weighted by Gasteiger charge is -2.17. The van der Waals surface area contributed by atoms with Crippen molar-refractivity contribution in [3.63, 3.8) is 0 Å². The molecular weight excluding hydrogens is 298 g/mol. The predicted octanol–water partition coefficient (Wildman–Crippen LogP) is 4.04. The van der Waals surface area contributed by atoms with E-state index in [4.69, 9.17) is 16.3 Å². The molecule has 2 aromatic carbocycles. The zero-order valence-corrected chi connectivity index (χ0v) is 13.8. The Morgan fingerprint density at radius 2 is 1.86 bits per heavy atom. The fourth-order valence-corrected chi connectivity index (χ4v) is 2.16. The van der Waals surface area contributed by atoms with Gasteiger partial charge < -0.3 is 10.1 Å². The summed E-state index contributed by atoms with van der Waals surface area (Å²) in [4.78, 5) is 12.1. The Labute approximate surface area is 136 Å². The highest BCUT2D eigenvalue weighted by atomic mass is 35.5. The minimum absolute atomic E-state index is 0.143. The van der Waals surface area contributed by atoms with E-state index < -0.39 is 6.10 Å². The van der Waals surface area contributed by atoms with E-state index in [9.17, 15) is 4.79 Å². The average Bonchev–Trinajstić information content (AvgIpc) is 2.51. The van der Waals surface area contributed by atoms with Crippen molar-refractivity contribution in [2.45, 2.75) is 33.4 Å². The van der Waals surface area contributed by atoms with Gasteiger partial charge in [-0.25, -0.2) is 0 Å². The van der Waals surface area contributed by atoms with E-state index >= 15 is 0 Å². The molecule has 0 heterocycles. The molecule has 1 atom stereocenters. The summed E-state index contributed by atoms with van der Waals surface area (Å²) in [6.07, 6.45) is -0.548. The summed E-state index contributed by atoms with van der Waals surface area (Å²) < 4.78 is 5.76. The van der Waals surface area contributed by atoms with Crippen molar-refractivity contribution < 1.29 is 9.53 Å². The van der Waals surface area contributed by atoms with Gasteiger partial charge in [0.05, 0.1) is 0 Å². The number of carbonyl (C=O) groups is 1. The molecule has 0 spiro atoms. The highest BCUT2D eigenvalue weighted by Crippen LogP contribution is 2.21. The predicted molar refractivity (Wildman–Crippen MR) is 89.3 cm³/mol. The number of ether oxygens (including phenoxy) is 1. The molecule has 0 saturated heterocycles. The Hall–Kier alpha value is -2.00. The van der Waals surface area contributed by atoms with Gasteiger partial charge in [-0.15, -0.1) is 0 Å². The lowest BCUT2D eigenvalue weighted by atomic mass is 10.1. The summed E-state index contributed by atoms with van der Waals surface area (Å²) in [6.45, 7) is 6.21. The normalized spacial score (nSPS) is 11.8. The van der Waals surface area contributed by atoms with Crippen LogP contribution in [-0.4, -0.2) is 12.0 Å². The average molecular weight is 318 g/mol. The van der Waals surface area contributed by atoms with Crippen LogP contribution >= 0.6 is 11.6 Å². The smallest absolute Gasteiger partial charge is 0.261 e. The first-order chi connectivity index (χ1) is 10.5. The van der Waals surface area contributed by atoms with Gasteiger partial charge in [-0.3, -0.25) is 4.79 Å². The van der Waals surface area contributed by atoms with E-state index in [1.54, 1.807) is 19.1 Å². The number of rotatable bonds is 5. The van der Waals surface area contributed by atoms with Crippen molar-refractivity contribution in [1.29, 1.82) is 0 Å². The zero-order valence-electron chi connectivity index (χ0n) is 13.0. The Bertz CT molecular complexity index is 653. The van der Waals surface area contributed by atoms with Gasteiger partial charge in [0.2, 0.25) is 0 Å². The van der Waals surface area contributed by atoms with Crippen molar-refractivity contribution in [2.75, 3.05) is 0 Å². The summed E-state index contributed by atoms with van der Waals surface area (Å²) in [6, 6.07) is 13.2. The molecule has 0 aliphatic carbocycles. The number of hydrogen-bond donors (Lipinski definition) is 1. The quantitative estimate of drug-likeness (QED) is 0.903. The topological polar surface area (TPSA) is 38.3 Å². The molecule has 1 unspecified atom stereocenters. The molecular formula is C18H20ClNO2. The Kier molecular flexibility index (Phi) is 5.45. The van der Waals surface area contributed by atoms with Crippen LogP contribution in [0, 0.1) is 13.8 Å². The molecule has 0 aliphatic heterocycles. The summed E-state index contributed by atoms with van der Waals surface area (Å²) in [5, 5.41) is 3.55. The molecule has 0 fully saturated rings. The summed E-state index contributed by atoms with van der Waals surface area (Å²) in [7, 11) is 0. The van der Waals surface area contributed by atoms with Crippen LogP contribution in [0.25, 0.3) is 0 Å². The third-order valence-electron chi connectivity index (χ3n) is 3.61. The highest BCUT2D eigenvalue weighted by molar-refractivity contribution is 6.30. The van der Waals surface area contributed by atoms with Gasteiger partial charge in [0.25, 0.3) is 5.91 Å². The van der Waals surface area contributed by atoms with E-state index in [2.05, 4.69) is 5.32 Å². The van der Waals surface area contributed by atoms with E-state index in [1.807, 2.05) is 44.2 Å². The molecule has 2 rings (SSSR count). The molecule has 3 nitrogen and oxygen atoms in total. The monoisotopic (exact) mass is 317 g/mol. The van der Waals surface area contributed by atoms with Crippen molar-refractivity contribution in [1.82, 2.24) is 5.32 Å². The van der Waals surface area contributed by atoms with Gasteiger partial charge in [0, 0.05) is 11.6 Å². The van der Waals surface area contributed by atoms with Crippen molar-refractivity contribution >= 4 is 17.5 Å². The first kappa shape index (κ1) is 16.4. The maximum absolute atomic E-state index is 12.1. The number of halogens is 1. The van der Waals surface area contributed by atoms with Crippen LogP contribution in [0.4, 0.5) is 0 Å². The lowest BCUT2D eigenvalue weighted by Crippen LogP contribution is -2.36. The zero-order chi connectivity index (χ0) is 16.1. The molecule has 0 aromatic heterocycles. The van der Waals surface area contributed by atoms with Gasteiger partial charge >= 0.3 is 0 Å². The molecule has 0 saturated carbocycles. The molecule has 0 aliphatic rings. The number of benzene rings is 2. The van der Waals surface area contributed by atoms with Gasteiger partial charge in [0.15, 0.2) is 6.10 Å². The van der Waals surface area contributed by atoms with Crippen LogP contribution in [-0.2, 0) is 11.3 Å². The Morgan fingerprint density at radius 1 is 1.18 bits per heavy atom. The molecule has 1 amide bonds. The van der Waals surface area contributed by atoms with Crippen molar-refractivity contribution in [3.8, 4) is 5.75 Å². The molecule has 1 N–H and O–H groups in total. The maximum atomic E-state index is 12.1. The number of amides is 1. The van der Waals surface area contributed by atoms with Crippen LogP contribution in [0.2, 0.25) is 5.02 Å². The minimum Gasteiger partial charge on any atom is -0.481 e. The standard InChI is InChI=1S/C18H20ClNO2/c1-12-5-4-6-17(13(12)2)22-14(3)18(21)20-11-15-7-9-16(19)10-8-15/h4-10,14H,11H2,1-3H3,(H,20,21). The Morgan fingerprint density at radius 3 is 2.55 bits per heavy atom. The molecule has 4 heteroatoms. The van der Waals surface area contributed by atoms with Crippen molar-refractivity contribution in [3.05, 3.63) is 64.2 Å². The second-order valence-electron chi connectivity index (χ2n) is 5.30. The third kappa shape index (κ3) is 4.25. The molecule has 0 bridgehead atoms. The lowest BCUT2D eigenvalue weighted by molar-refractivity contribution is -0.127. The highest BCUT2D eigenvalue weighted by Gasteiger charge is 2.15. The van der Waals surface area contributed by atoms with Gasteiger partial charge in [0.1, 0.15) is 5.75 Å². The molecule has 22 heavy (non-hydrogen) atoms. The van der Waals surface area contributed by atoms with Gasteiger partial charge in [-0.1, -0.05) is 35.9 Å². The van der Waals surface area contributed by atoms with E-state index in [-0.39, 0.29) is 5.91 Å². The van der Waals surface area contributed by atoms with Gasteiger partial charge in [-0.2, -0.15) is 0 Å². The summed E-state index contributed by atoms with van der Waals surface area (Å²) in [5.41, 5.74) is 3.20.